The first-order valence-corrected chi connectivity index (χ1v) is 11.1. The molecule has 0 unspecified atom stereocenters. The van der Waals surface area contributed by atoms with Crippen LogP contribution in [-0.2, 0) is 40.3 Å². The molecule has 0 bridgehead atoms. The minimum Gasteiger partial charge on any atom is -0.508 e. The van der Waals surface area contributed by atoms with Crippen LogP contribution in [0.25, 0.3) is 16.5 Å². The maximum atomic E-state index is 13.8. The molecule has 0 heterocycles. The van der Waals surface area contributed by atoms with E-state index in [1.807, 2.05) is 6.07 Å². The molecule has 0 spiro atoms. The number of hydrogen-bond donors (Lipinski definition) is 5. The van der Waals surface area contributed by atoms with Crippen molar-refractivity contribution in [3.8, 4) is 5.75 Å². The third kappa shape index (κ3) is 3.25. The quantitative estimate of drug-likeness (QED) is 0.202. The first kappa shape index (κ1) is 25.9. The van der Waals surface area contributed by atoms with Crippen LogP contribution in [-0.4, -0.2) is 68.5 Å². The number of phenols is 1. The summed E-state index contributed by atoms with van der Waals surface area (Å²) in [5.41, 5.74) is 3.01. The van der Waals surface area contributed by atoms with Gasteiger partial charge in [0.15, 0.2) is 11.4 Å². The molecular formula is C26H25N2O7Rh-. The number of ketones is 2. The van der Waals surface area contributed by atoms with Gasteiger partial charge in [-0.3, -0.25) is 19.3 Å². The van der Waals surface area contributed by atoms with Crippen molar-refractivity contribution in [2.75, 3.05) is 14.1 Å². The average Bonchev–Trinajstić information content (AvgIpc) is 2.76. The number of amides is 1. The second-order valence-electron chi connectivity index (χ2n) is 9.78. The van der Waals surface area contributed by atoms with Crippen LogP contribution in [0.15, 0.2) is 41.2 Å². The van der Waals surface area contributed by atoms with Gasteiger partial charge in [-0.2, -0.15) is 24.6 Å². The number of Topliss-reactive ketones (excluding diaryl/α,β-unsaturated/α-hetero) is 2. The second-order valence-corrected chi connectivity index (χ2v) is 9.78. The molecule has 0 aromatic heterocycles. The number of aliphatic hydroxyl groups excluding tert-OH is 2. The average molecular weight is 580 g/mol. The third-order valence-electron chi connectivity index (χ3n) is 7.59. The van der Waals surface area contributed by atoms with E-state index in [1.54, 1.807) is 32.3 Å². The van der Waals surface area contributed by atoms with Gasteiger partial charge in [0.25, 0.3) is 5.91 Å². The van der Waals surface area contributed by atoms with Crippen molar-refractivity contribution in [2.24, 2.45) is 17.6 Å². The first-order valence-electron chi connectivity index (χ1n) is 11.1. The molecule has 5 rings (SSSR count). The number of phenolic OH excluding ortho intramolecular Hbond substituents is 1. The summed E-state index contributed by atoms with van der Waals surface area (Å²) in [6.07, 6.45) is 0.312. The van der Waals surface area contributed by atoms with E-state index in [2.05, 4.69) is 6.92 Å². The standard InChI is InChI=1S/C26H25N2O7.Rh/c1-10-4-5-11-7-12-8-13-9-15-19(28(2)3)22(31)18(25(27)34)24(33)26(15,35)23(32)17(13)21(30)16(12)20(29)14(11)6-10;/h4-7,13,15,19,29-30,33,35H,1,8-9H2,2-3H3,(H2,27,34);/q-1;/t13-,15-,19-,26-;/m0./s1. The summed E-state index contributed by atoms with van der Waals surface area (Å²) in [7, 11) is 3.13. The van der Waals surface area contributed by atoms with Crippen LogP contribution in [0.4, 0.5) is 0 Å². The Bertz CT molecular complexity index is 1430. The van der Waals surface area contributed by atoms with Crippen LogP contribution in [0.1, 0.15) is 23.1 Å². The Hall–Kier alpha value is -3.20. The minimum absolute atomic E-state index is 0. The number of likely N-dealkylation sites (N-methyl/N-ethyl adjacent to an activating group) is 1. The molecule has 10 heteroatoms. The predicted octanol–water partition coefficient (Wildman–Crippen LogP) is 1.30. The van der Waals surface area contributed by atoms with E-state index in [0.717, 1.165) is 5.39 Å². The maximum Gasteiger partial charge on any atom is 0.255 e. The normalized spacial score (nSPS) is 27.5. The van der Waals surface area contributed by atoms with E-state index in [0.29, 0.717) is 16.5 Å². The molecule has 2 aromatic carbocycles. The predicted molar refractivity (Wildman–Crippen MR) is 126 cm³/mol. The Kier molecular flexibility index (Phi) is 6.07. The van der Waals surface area contributed by atoms with Crippen LogP contribution in [0, 0.1) is 18.8 Å². The topological polar surface area (TPSA) is 161 Å². The second kappa shape index (κ2) is 8.44. The number of benzene rings is 2. The largest absolute Gasteiger partial charge is 0.508 e. The zero-order chi connectivity index (χ0) is 25.6. The van der Waals surface area contributed by atoms with Gasteiger partial charge in [0.2, 0.25) is 5.78 Å². The number of carbonyl (C=O) groups excluding carboxylic acids is 3. The van der Waals surface area contributed by atoms with Crippen LogP contribution < -0.4 is 5.73 Å². The minimum atomic E-state index is -2.64. The van der Waals surface area contributed by atoms with Gasteiger partial charge in [0.05, 0.1) is 11.6 Å². The number of carbonyl (C=O) groups is 3. The van der Waals surface area contributed by atoms with E-state index in [9.17, 15) is 34.8 Å². The van der Waals surface area contributed by atoms with Crippen LogP contribution in [0.3, 0.4) is 0 Å². The maximum absolute atomic E-state index is 13.8. The Labute approximate surface area is 219 Å². The van der Waals surface area contributed by atoms with Crippen molar-refractivity contribution in [3.63, 3.8) is 0 Å². The summed E-state index contributed by atoms with van der Waals surface area (Å²) in [5.74, 6) is -6.58. The van der Waals surface area contributed by atoms with E-state index in [4.69, 9.17) is 5.73 Å². The van der Waals surface area contributed by atoms with E-state index >= 15 is 0 Å². The molecule has 1 saturated carbocycles. The molecule has 1 fully saturated rings. The van der Waals surface area contributed by atoms with Gasteiger partial charge in [0.1, 0.15) is 22.8 Å². The van der Waals surface area contributed by atoms with Crippen molar-refractivity contribution in [3.05, 3.63) is 64.8 Å². The number of nitrogens with zero attached hydrogens (tertiary/aromatic N) is 1. The molecule has 3 aliphatic rings. The SMILES string of the molecule is [CH2-]c1ccc2cc3c(c(O)c2c1)C(O)=C1C(=O)[C@]2(O)C(O)=C(C(N)=O)C(=O)[C@@H](N(C)C)[C@@H]2C[C@@H]1C3.[Rh]. The number of hydrogen-bond acceptors (Lipinski definition) is 8. The fraction of sp³-hybridized carbons (Fsp3) is 0.308. The molecule has 6 N–H and O–H groups in total. The van der Waals surface area contributed by atoms with Gasteiger partial charge in [-0.05, 0) is 49.2 Å². The van der Waals surface area contributed by atoms with Gasteiger partial charge in [-0.1, -0.05) is 6.07 Å². The molecule has 4 atom stereocenters. The Morgan fingerprint density at radius 2 is 1.83 bits per heavy atom. The van der Waals surface area contributed by atoms with Crippen LogP contribution in [0.5, 0.6) is 5.75 Å². The van der Waals surface area contributed by atoms with Gasteiger partial charge >= 0.3 is 0 Å². The smallest absolute Gasteiger partial charge is 0.255 e. The molecule has 1 radical (unpaired) electrons. The van der Waals surface area contributed by atoms with Crippen molar-refractivity contribution in [1.29, 1.82) is 0 Å². The van der Waals surface area contributed by atoms with E-state index in [-0.39, 0.29) is 49.2 Å². The number of nitrogens with two attached hydrogens (primary N) is 1. The van der Waals surface area contributed by atoms with Gasteiger partial charge < -0.3 is 26.2 Å². The molecule has 0 aliphatic heterocycles. The molecule has 1 amide bonds. The Balaban J connectivity index is 0.00000304. The molecule has 9 nitrogen and oxygen atoms in total. The van der Waals surface area contributed by atoms with E-state index < -0.39 is 58.0 Å². The van der Waals surface area contributed by atoms with Gasteiger partial charge in [0, 0.05) is 31.0 Å². The molecule has 36 heavy (non-hydrogen) atoms. The number of primary amides is 1. The fourth-order valence-corrected chi connectivity index (χ4v) is 6.06. The monoisotopic (exact) mass is 580 g/mol. The Morgan fingerprint density at radius 1 is 1.17 bits per heavy atom. The summed E-state index contributed by atoms with van der Waals surface area (Å²) < 4.78 is 0. The molecule has 0 saturated heterocycles. The van der Waals surface area contributed by atoms with Crippen molar-refractivity contribution < 1.29 is 54.3 Å². The van der Waals surface area contributed by atoms with Crippen molar-refractivity contribution in [1.82, 2.24) is 4.90 Å². The van der Waals surface area contributed by atoms with Crippen molar-refractivity contribution >= 4 is 34.0 Å². The van der Waals surface area contributed by atoms with Crippen LogP contribution >= 0.6 is 0 Å². The zero-order valence-electron chi connectivity index (χ0n) is 19.5. The van der Waals surface area contributed by atoms with Crippen molar-refractivity contribution in [2.45, 2.75) is 24.5 Å². The van der Waals surface area contributed by atoms with E-state index in [1.165, 1.54) is 4.90 Å². The number of fused-ring (bicyclic) bond motifs is 4. The number of aromatic hydroxyl groups is 1. The zero-order valence-corrected chi connectivity index (χ0v) is 21.2. The molecular weight excluding hydrogens is 555 g/mol. The summed E-state index contributed by atoms with van der Waals surface area (Å²) in [4.78, 5) is 40.4. The molecule has 3 aliphatic carbocycles. The first-order chi connectivity index (χ1) is 16.4. The number of aliphatic hydroxyl groups is 3. The van der Waals surface area contributed by atoms with Crippen LogP contribution in [0.2, 0.25) is 0 Å². The molecule has 2 aromatic rings. The molecule has 191 valence electrons. The van der Waals surface area contributed by atoms with Gasteiger partial charge in [-0.15, -0.1) is 6.07 Å². The summed E-state index contributed by atoms with van der Waals surface area (Å²) >= 11 is 0. The fourth-order valence-electron chi connectivity index (χ4n) is 6.06. The Morgan fingerprint density at radius 3 is 2.44 bits per heavy atom. The summed E-state index contributed by atoms with van der Waals surface area (Å²) in [6.45, 7) is 3.86. The summed E-state index contributed by atoms with van der Waals surface area (Å²) in [5, 5.41) is 45.9. The number of rotatable bonds is 2. The van der Waals surface area contributed by atoms with Gasteiger partial charge in [-0.25, -0.2) is 0 Å². The third-order valence-corrected chi connectivity index (χ3v) is 7.59. The summed E-state index contributed by atoms with van der Waals surface area (Å²) in [6, 6.07) is 5.97.